The molecule has 1 fully saturated rings. The SMILES string of the molecule is Cc1nnc2c3ccc(Cl)cc3nc(N3CCN(C(=O)c4c(F)cccc4F)CC3)n12. The van der Waals surface area contributed by atoms with Crippen LogP contribution in [0, 0.1) is 18.6 Å². The summed E-state index contributed by atoms with van der Waals surface area (Å²) in [5.74, 6) is -1.05. The topological polar surface area (TPSA) is 66.6 Å². The number of hydrogen-bond acceptors (Lipinski definition) is 5. The van der Waals surface area contributed by atoms with Crippen LogP contribution in [0.4, 0.5) is 14.7 Å². The molecule has 0 bridgehead atoms. The van der Waals surface area contributed by atoms with Crippen LogP contribution < -0.4 is 4.90 Å². The fraction of sp³-hybridized carbons (Fsp3) is 0.238. The van der Waals surface area contributed by atoms with Gasteiger partial charge in [-0.25, -0.2) is 18.2 Å². The van der Waals surface area contributed by atoms with E-state index in [-0.39, 0.29) is 0 Å². The third-order valence-electron chi connectivity index (χ3n) is 5.47. The van der Waals surface area contributed by atoms with E-state index in [2.05, 4.69) is 10.2 Å². The van der Waals surface area contributed by atoms with Crippen LogP contribution >= 0.6 is 11.6 Å². The van der Waals surface area contributed by atoms with Crippen LogP contribution in [0.25, 0.3) is 16.6 Å². The molecule has 158 valence electrons. The largest absolute Gasteiger partial charge is 0.338 e. The van der Waals surface area contributed by atoms with E-state index in [4.69, 9.17) is 16.6 Å². The zero-order valence-corrected chi connectivity index (χ0v) is 17.3. The molecule has 1 saturated heterocycles. The maximum Gasteiger partial charge on any atom is 0.259 e. The molecule has 0 saturated carbocycles. The van der Waals surface area contributed by atoms with E-state index in [0.29, 0.717) is 54.1 Å². The summed E-state index contributed by atoms with van der Waals surface area (Å²) in [6.07, 6.45) is 0. The summed E-state index contributed by atoms with van der Waals surface area (Å²) in [6.45, 7) is 3.31. The molecule has 0 radical (unpaired) electrons. The number of hydrogen-bond donors (Lipinski definition) is 0. The Bertz CT molecular complexity index is 1310. The van der Waals surface area contributed by atoms with Crippen molar-refractivity contribution < 1.29 is 13.6 Å². The number of piperazine rings is 1. The van der Waals surface area contributed by atoms with Crippen molar-refractivity contribution in [1.29, 1.82) is 0 Å². The number of rotatable bonds is 2. The molecule has 2 aromatic carbocycles. The van der Waals surface area contributed by atoms with E-state index >= 15 is 0 Å². The van der Waals surface area contributed by atoms with Gasteiger partial charge in [0.1, 0.15) is 23.0 Å². The van der Waals surface area contributed by atoms with E-state index in [1.165, 1.54) is 11.0 Å². The number of benzene rings is 2. The van der Waals surface area contributed by atoms with Crippen LogP contribution in [0.5, 0.6) is 0 Å². The van der Waals surface area contributed by atoms with Gasteiger partial charge in [-0.15, -0.1) is 10.2 Å². The van der Waals surface area contributed by atoms with Crippen molar-refractivity contribution in [3.63, 3.8) is 0 Å². The Morgan fingerprint density at radius 3 is 2.45 bits per heavy atom. The summed E-state index contributed by atoms with van der Waals surface area (Å²) in [4.78, 5) is 20.9. The van der Waals surface area contributed by atoms with Gasteiger partial charge in [-0.1, -0.05) is 17.7 Å². The van der Waals surface area contributed by atoms with Crippen molar-refractivity contribution in [2.75, 3.05) is 31.1 Å². The summed E-state index contributed by atoms with van der Waals surface area (Å²) < 4.78 is 29.9. The maximum absolute atomic E-state index is 14.0. The molecule has 1 aliphatic heterocycles. The lowest BCUT2D eigenvalue weighted by molar-refractivity contribution is 0.0736. The van der Waals surface area contributed by atoms with Gasteiger partial charge in [-0.05, 0) is 37.3 Å². The molecule has 31 heavy (non-hydrogen) atoms. The predicted octanol–water partition coefficient (Wildman–Crippen LogP) is 3.48. The van der Waals surface area contributed by atoms with Crippen molar-refractivity contribution in [2.24, 2.45) is 0 Å². The van der Waals surface area contributed by atoms with Crippen molar-refractivity contribution >= 4 is 40.0 Å². The first-order valence-electron chi connectivity index (χ1n) is 9.73. The van der Waals surface area contributed by atoms with Gasteiger partial charge in [-0.2, -0.15) is 0 Å². The second-order valence-corrected chi connectivity index (χ2v) is 7.79. The lowest BCUT2D eigenvalue weighted by Crippen LogP contribution is -2.49. The molecular weight excluding hydrogens is 426 g/mol. The van der Waals surface area contributed by atoms with Gasteiger partial charge in [0.05, 0.1) is 5.52 Å². The van der Waals surface area contributed by atoms with Gasteiger partial charge in [0.15, 0.2) is 5.65 Å². The van der Waals surface area contributed by atoms with E-state index in [1.807, 2.05) is 22.3 Å². The molecule has 0 N–H and O–H groups in total. The highest BCUT2D eigenvalue weighted by Gasteiger charge is 2.28. The van der Waals surface area contributed by atoms with E-state index in [0.717, 1.165) is 17.5 Å². The fourth-order valence-corrected chi connectivity index (χ4v) is 4.07. The normalized spacial score (nSPS) is 14.6. The number of nitrogens with zero attached hydrogens (tertiary/aromatic N) is 6. The highest BCUT2D eigenvalue weighted by atomic mass is 35.5. The van der Waals surface area contributed by atoms with E-state index < -0.39 is 23.1 Å². The molecule has 0 aliphatic carbocycles. The molecule has 0 unspecified atom stereocenters. The third kappa shape index (κ3) is 3.25. The Balaban J connectivity index is 1.46. The maximum atomic E-state index is 14.0. The summed E-state index contributed by atoms with van der Waals surface area (Å²) in [6, 6.07) is 8.82. The van der Waals surface area contributed by atoms with Crippen molar-refractivity contribution in [3.05, 3.63) is 64.4 Å². The average Bonchev–Trinajstić information content (AvgIpc) is 3.14. The van der Waals surface area contributed by atoms with Gasteiger partial charge < -0.3 is 9.80 Å². The molecule has 0 atom stereocenters. The summed E-state index contributed by atoms with van der Waals surface area (Å²) >= 11 is 6.15. The summed E-state index contributed by atoms with van der Waals surface area (Å²) in [5, 5.41) is 9.88. The number of anilines is 1. The van der Waals surface area contributed by atoms with Crippen LogP contribution in [0.15, 0.2) is 36.4 Å². The smallest absolute Gasteiger partial charge is 0.259 e. The first-order chi connectivity index (χ1) is 14.9. The van der Waals surface area contributed by atoms with Crippen LogP contribution in [0.2, 0.25) is 5.02 Å². The highest BCUT2D eigenvalue weighted by molar-refractivity contribution is 6.31. The van der Waals surface area contributed by atoms with Crippen molar-refractivity contribution in [1.82, 2.24) is 24.5 Å². The Labute approximate surface area is 180 Å². The Morgan fingerprint density at radius 1 is 1.03 bits per heavy atom. The molecule has 3 heterocycles. The molecule has 0 spiro atoms. The van der Waals surface area contributed by atoms with Crippen LogP contribution in [-0.4, -0.2) is 56.6 Å². The molecule has 5 rings (SSSR count). The highest BCUT2D eigenvalue weighted by Crippen LogP contribution is 2.27. The minimum atomic E-state index is -0.859. The molecule has 2 aromatic heterocycles. The monoisotopic (exact) mass is 442 g/mol. The van der Waals surface area contributed by atoms with Crippen LogP contribution in [-0.2, 0) is 0 Å². The van der Waals surface area contributed by atoms with Gasteiger partial charge in [0, 0.05) is 36.6 Å². The predicted molar refractivity (Wildman–Crippen MR) is 113 cm³/mol. The first-order valence-corrected chi connectivity index (χ1v) is 10.1. The second kappa shape index (κ2) is 7.42. The van der Waals surface area contributed by atoms with Crippen LogP contribution in [0.3, 0.4) is 0 Å². The van der Waals surface area contributed by atoms with Gasteiger partial charge in [0.25, 0.3) is 5.91 Å². The number of halogens is 3. The molecule has 7 nitrogen and oxygen atoms in total. The standard InChI is InChI=1S/C21H17ClF2N6O/c1-12-26-27-19-14-6-5-13(22)11-17(14)25-21(30(12)19)29-9-7-28(8-10-29)20(31)18-15(23)3-2-4-16(18)24/h2-6,11H,7-10H2,1H3. The Morgan fingerprint density at radius 2 is 1.74 bits per heavy atom. The quantitative estimate of drug-likeness (QED) is 0.475. The van der Waals surface area contributed by atoms with E-state index in [1.54, 1.807) is 12.1 Å². The number of amides is 1. The number of aryl methyl sites for hydroxylation is 1. The van der Waals surface area contributed by atoms with Gasteiger partial charge in [0.2, 0.25) is 5.95 Å². The third-order valence-corrected chi connectivity index (χ3v) is 5.71. The van der Waals surface area contributed by atoms with Crippen molar-refractivity contribution in [3.8, 4) is 0 Å². The molecule has 1 amide bonds. The van der Waals surface area contributed by atoms with E-state index in [9.17, 15) is 13.6 Å². The number of fused-ring (bicyclic) bond motifs is 3. The first kappa shape index (κ1) is 19.6. The lowest BCUT2D eigenvalue weighted by atomic mass is 10.1. The minimum absolute atomic E-state index is 0.296. The Hall–Kier alpha value is -3.33. The van der Waals surface area contributed by atoms with Crippen molar-refractivity contribution in [2.45, 2.75) is 6.92 Å². The summed E-state index contributed by atoms with van der Waals surface area (Å²) in [5.41, 5.74) is 0.835. The molecule has 10 heteroatoms. The Kier molecular flexibility index (Phi) is 4.70. The zero-order valence-electron chi connectivity index (χ0n) is 16.5. The minimum Gasteiger partial charge on any atom is -0.338 e. The zero-order chi connectivity index (χ0) is 21.7. The lowest BCUT2D eigenvalue weighted by Gasteiger charge is -2.35. The summed E-state index contributed by atoms with van der Waals surface area (Å²) in [7, 11) is 0. The number of carbonyl (C=O) groups excluding carboxylic acids is 1. The molecule has 1 aliphatic rings. The number of aromatic nitrogens is 4. The average molecular weight is 443 g/mol. The second-order valence-electron chi connectivity index (χ2n) is 7.36. The van der Waals surface area contributed by atoms with Gasteiger partial charge >= 0.3 is 0 Å². The number of carbonyl (C=O) groups is 1. The fourth-order valence-electron chi connectivity index (χ4n) is 3.90. The molecular formula is C21H17ClF2N6O. The van der Waals surface area contributed by atoms with Crippen LogP contribution in [0.1, 0.15) is 16.2 Å². The van der Waals surface area contributed by atoms with Gasteiger partial charge in [-0.3, -0.25) is 4.79 Å². The molecule has 4 aromatic rings.